The molecule has 0 bridgehead atoms. The average molecular weight is 642 g/mol. The fraction of sp³-hybridized carbons (Fsp3) is 0.413. The molecule has 0 aliphatic heterocycles. The first-order valence-corrected chi connectivity index (χ1v) is 16.6. The Hall–Kier alpha value is -6.11. The maximum Gasteiger partial charge on any atom is 0.297 e. The first-order chi connectivity index (χ1) is 24.1. The van der Waals surface area contributed by atoms with Crippen LogP contribution in [-0.4, -0.2) is 23.7 Å². The zero-order chi connectivity index (χ0) is 35.9. The van der Waals surface area contributed by atoms with Crippen molar-refractivity contribution >= 4 is 5.91 Å². The third kappa shape index (κ3) is 30.3. The van der Waals surface area contributed by atoms with Crippen LogP contribution in [0.1, 0.15) is 98.3 Å². The summed E-state index contributed by atoms with van der Waals surface area (Å²) in [5.74, 6) is 60.3. The number of hydrogen-bond acceptors (Lipinski definition) is 2. The molecule has 0 aliphatic carbocycles. The molecule has 49 heavy (non-hydrogen) atoms. The summed E-state index contributed by atoms with van der Waals surface area (Å²) in [6, 6.07) is -0.388. The van der Waals surface area contributed by atoms with E-state index in [-0.39, 0.29) is 18.6 Å². The molecule has 0 aromatic heterocycles. The van der Waals surface area contributed by atoms with Gasteiger partial charge in [-0.2, -0.15) is 0 Å². The number of amides is 1. The van der Waals surface area contributed by atoms with Crippen molar-refractivity contribution in [1.82, 2.24) is 5.32 Å². The molecule has 0 heterocycles. The van der Waals surface area contributed by atoms with Crippen molar-refractivity contribution in [3.05, 3.63) is 12.2 Å². The van der Waals surface area contributed by atoms with Crippen LogP contribution in [0.25, 0.3) is 0 Å². The molecule has 0 fully saturated rings. The largest absolute Gasteiger partial charge is 0.394 e. The third-order valence-corrected chi connectivity index (χ3v) is 6.81. The first-order valence-electron chi connectivity index (χ1n) is 16.6. The number of aliphatic hydroxyl groups excluding tert-OH is 1. The summed E-state index contributed by atoms with van der Waals surface area (Å²) in [7, 11) is 0. The van der Waals surface area contributed by atoms with E-state index in [0.717, 1.165) is 12.8 Å². The van der Waals surface area contributed by atoms with Crippen molar-refractivity contribution in [2.45, 2.75) is 104 Å². The highest BCUT2D eigenvalue weighted by molar-refractivity contribution is 5.94. The quantitative estimate of drug-likeness (QED) is 0.130. The van der Waals surface area contributed by atoms with Crippen molar-refractivity contribution in [3.63, 3.8) is 0 Å². The molecular formula is C46H43NO2. The molecular weight excluding hydrogens is 599 g/mol. The van der Waals surface area contributed by atoms with Gasteiger partial charge in [0.1, 0.15) is 0 Å². The van der Waals surface area contributed by atoms with Gasteiger partial charge in [0.05, 0.1) is 12.6 Å². The van der Waals surface area contributed by atoms with Gasteiger partial charge in [0.15, 0.2) is 0 Å². The topological polar surface area (TPSA) is 49.3 Å². The molecule has 0 radical (unpaired) electrons. The lowest BCUT2D eigenvalue weighted by Crippen LogP contribution is -2.43. The Morgan fingerprint density at radius 2 is 0.959 bits per heavy atom. The Morgan fingerprint density at radius 3 is 1.37 bits per heavy atom. The molecule has 0 aromatic rings. The third-order valence-electron chi connectivity index (χ3n) is 6.81. The maximum atomic E-state index is 12.2. The number of carbonyl (C=O) groups excluding carboxylic acids is 1. The van der Waals surface area contributed by atoms with Gasteiger partial charge in [-0.1, -0.05) is 90.2 Å². The highest BCUT2D eigenvalue weighted by Gasteiger charge is 2.22. The van der Waals surface area contributed by atoms with Gasteiger partial charge in [-0.25, -0.2) is 0 Å². The van der Waals surface area contributed by atoms with Crippen LogP contribution in [0.4, 0.5) is 0 Å². The van der Waals surface area contributed by atoms with Crippen LogP contribution >= 0.6 is 0 Å². The number of nitrogens with one attached hydrogen (secondary N) is 1. The Kier molecular flexibility index (Phi) is 30.4. The normalized spacial score (nSPS) is 9.73. The predicted molar refractivity (Wildman–Crippen MR) is 202 cm³/mol. The number of allylic oxidation sites excluding steroid dienone is 2. The number of rotatable bonds is 16. The SMILES string of the molecule is CC#CC#CC#CC#CC#CC#CC#CC#CC#CC#CC#CC#CC(=O)N[C@@H](CO)[C@H](C)[C@H](C)CC=CCCCCCCCCCCC. The fourth-order valence-corrected chi connectivity index (χ4v) is 3.94. The van der Waals surface area contributed by atoms with Crippen molar-refractivity contribution in [2.24, 2.45) is 11.8 Å². The van der Waals surface area contributed by atoms with Gasteiger partial charge in [-0.3, -0.25) is 4.79 Å². The highest BCUT2D eigenvalue weighted by Crippen LogP contribution is 2.20. The van der Waals surface area contributed by atoms with E-state index in [1.807, 2.05) is 6.92 Å². The Bertz CT molecular complexity index is 1850. The van der Waals surface area contributed by atoms with Gasteiger partial charge in [0.2, 0.25) is 0 Å². The van der Waals surface area contributed by atoms with E-state index < -0.39 is 5.91 Å². The second-order valence-electron chi connectivity index (χ2n) is 10.5. The van der Waals surface area contributed by atoms with Crippen LogP contribution in [0.15, 0.2) is 12.2 Å². The standard InChI is InChI=1S/C46H43NO2/c1-5-7-9-11-13-15-17-19-20-21-22-23-24-25-26-27-28-29-31-33-35-37-39-41-46(49)47-45(42-48)44(4)43(3)40-38-36-34-32-30-18-16-14-12-10-8-6-2/h36,38,43-45,48H,6,8,10,12,14,16,18,30,32,34,40,42H2,1-4H3,(H,47,49)/t43-,44-,45+/m1/s1. The van der Waals surface area contributed by atoms with Crippen LogP contribution in [0.3, 0.4) is 0 Å². The van der Waals surface area contributed by atoms with Crippen LogP contribution < -0.4 is 5.32 Å². The molecule has 3 nitrogen and oxygen atoms in total. The van der Waals surface area contributed by atoms with Crippen molar-refractivity contribution in [2.75, 3.05) is 6.61 Å². The minimum atomic E-state index is -0.492. The van der Waals surface area contributed by atoms with Gasteiger partial charge < -0.3 is 10.4 Å². The zero-order valence-corrected chi connectivity index (χ0v) is 29.2. The van der Waals surface area contributed by atoms with Crippen LogP contribution in [0, 0.1) is 154 Å². The van der Waals surface area contributed by atoms with E-state index in [9.17, 15) is 9.90 Å². The van der Waals surface area contributed by atoms with Crippen LogP contribution in [0.2, 0.25) is 0 Å². The second-order valence-corrected chi connectivity index (χ2v) is 10.5. The van der Waals surface area contributed by atoms with E-state index >= 15 is 0 Å². The molecule has 0 saturated heterocycles. The molecule has 0 aromatic carbocycles. The Balaban J connectivity index is 4.48. The fourth-order valence-electron chi connectivity index (χ4n) is 3.94. The molecule has 2 N–H and O–H groups in total. The molecule has 0 aliphatic rings. The first kappa shape index (κ1) is 42.9. The molecule has 0 unspecified atom stereocenters. The van der Waals surface area contributed by atoms with Crippen LogP contribution in [0.5, 0.6) is 0 Å². The Labute approximate surface area is 297 Å². The number of hydrogen-bond donors (Lipinski definition) is 2. The van der Waals surface area contributed by atoms with Crippen LogP contribution in [-0.2, 0) is 4.79 Å². The minimum absolute atomic E-state index is 0.0783. The number of unbranched alkanes of at least 4 members (excludes halogenated alkanes) is 9. The summed E-state index contributed by atoms with van der Waals surface area (Å²) in [5.41, 5.74) is 0. The summed E-state index contributed by atoms with van der Waals surface area (Å²) < 4.78 is 0. The van der Waals surface area contributed by atoms with E-state index in [2.05, 4.69) is 173 Å². The zero-order valence-electron chi connectivity index (χ0n) is 29.2. The molecule has 0 spiro atoms. The van der Waals surface area contributed by atoms with E-state index in [0.29, 0.717) is 5.92 Å². The summed E-state index contributed by atoms with van der Waals surface area (Å²) in [6.07, 6.45) is 18.5. The average Bonchev–Trinajstić information content (AvgIpc) is 3.10. The van der Waals surface area contributed by atoms with Gasteiger partial charge in [-0.05, 0) is 133 Å². The summed E-state index contributed by atoms with van der Waals surface area (Å²) in [4.78, 5) is 12.2. The predicted octanol–water partition coefficient (Wildman–Crippen LogP) is 5.66. The van der Waals surface area contributed by atoms with E-state index in [1.165, 1.54) is 57.8 Å². The summed E-state index contributed by atoms with van der Waals surface area (Å²) >= 11 is 0. The summed E-state index contributed by atoms with van der Waals surface area (Å²) in [5, 5.41) is 12.6. The lowest BCUT2D eigenvalue weighted by atomic mass is 9.86. The summed E-state index contributed by atoms with van der Waals surface area (Å²) in [6.45, 7) is 7.95. The lowest BCUT2D eigenvalue weighted by Gasteiger charge is -2.27. The lowest BCUT2D eigenvalue weighted by molar-refractivity contribution is -0.117. The van der Waals surface area contributed by atoms with E-state index in [1.54, 1.807) is 6.92 Å². The van der Waals surface area contributed by atoms with Crippen molar-refractivity contribution in [3.8, 4) is 142 Å². The second kappa shape index (κ2) is 34.8. The van der Waals surface area contributed by atoms with E-state index in [4.69, 9.17) is 0 Å². The van der Waals surface area contributed by atoms with Crippen molar-refractivity contribution in [1.29, 1.82) is 0 Å². The van der Waals surface area contributed by atoms with Gasteiger partial charge in [-0.15, -0.1) is 0 Å². The van der Waals surface area contributed by atoms with Gasteiger partial charge in [0.25, 0.3) is 5.91 Å². The Morgan fingerprint density at radius 1 is 0.571 bits per heavy atom. The monoisotopic (exact) mass is 641 g/mol. The number of carbonyl (C=O) groups is 1. The highest BCUT2D eigenvalue weighted by atomic mass is 16.3. The maximum absolute atomic E-state index is 12.2. The van der Waals surface area contributed by atoms with Crippen molar-refractivity contribution < 1.29 is 9.90 Å². The van der Waals surface area contributed by atoms with Gasteiger partial charge in [0, 0.05) is 41.4 Å². The van der Waals surface area contributed by atoms with Gasteiger partial charge >= 0.3 is 0 Å². The minimum Gasteiger partial charge on any atom is -0.394 e. The molecule has 3 heteroatoms. The molecule has 1 amide bonds. The molecule has 0 rings (SSSR count). The molecule has 244 valence electrons. The molecule has 0 saturated carbocycles. The molecule has 3 atom stereocenters. The smallest absolute Gasteiger partial charge is 0.297 e. The number of aliphatic hydroxyl groups is 1.